The summed E-state index contributed by atoms with van der Waals surface area (Å²) >= 11 is 0. The smallest absolute Gasteiger partial charge is 0.390 e. The fourth-order valence-electron chi connectivity index (χ4n) is 2.47. The first-order chi connectivity index (χ1) is 14.6. The third-order valence-corrected chi connectivity index (χ3v) is 7.48. The molecule has 6 N–H and O–H groups in total. The standard InChI is InChI=1S/C10H16N5O14P3/c11-14-12-2-5-3-15(10(18)13-9(5)17)8-1-6(16)7(27-8)4-26-31(22,23)29-32(24,25)28-30(19,20)21/h3,6-8,16H,1-2,4H2,(H,22,23)(H,24,25)(H,13,17,18)(H2,19,20,21)/t6-,7+,8+/m0/s1. The molecule has 22 heteroatoms. The number of hydrogen-bond donors (Lipinski definition) is 6. The number of ether oxygens (including phenoxy) is 1. The molecule has 1 aromatic rings. The topological polar surface area (TPSA) is 293 Å². The third kappa shape index (κ3) is 7.72. The summed E-state index contributed by atoms with van der Waals surface area (Å²) in [6, 6.07) is 0. The number of aromatic nitrogens is 2. The van der Waals surface area contributed by atoms with Crippen molar-refractivity contribution in [1.29, 1.82) is 0 Å². The molecule has 0 aromatic carbocycles. The monoisotopic (exact) mass is 523 g/mol. The van der Waals surface area contributed by atoms with Crippen LogP contribution in [0.15, 0.2) is 20.9 Å². The van der Waals surface area contributed by atoms with E-state index < -0.39 is 66.3 Å². The Bertz CT molecular complexity index is 1150. The van der Waals surface area contributed by atoms with Crippen molar-refractivity contribution in [3.8, 4) is 0 Å². The average molecular weight is 523 g/mol. The SMILES string of the molecule is [N-]=[N+]=NCc1cn([C@H]2C[C@H](O)[C@@H](COP(=O)(O)OP(=O)(O)OP(=O)(O)O)O2)c(=O)[nH]c1=O. The van der Waals surface area contributed by atoms with Crippen LogP contribution in [0.3, 0.4) is 0 Å². The van der Waals surface area contributed by atoms with E-state index in [0.29, 0.717) is 0 Å². The van der Waals surface area contributed by atoms with Gasteiger partial charge in [0.15, 0.2) is 0 Å². The van der Waals surface area contributed by atoms with Gasteiger partial charge in [-0.3, -0.25) is 18.9 Å². The Morgan fingerprint density at radius 3 is 2.47 bits per heavy atom. The van der Waals surface area contributed by atoms with Gasteiger partial charge in [-0.05, 0) is 5.53 Å². The molecule has 180 valence electrons. The molecule has 0 bridgehead atoms. The van der Waals surface area contributed by atoms with Crippen molar-refractivity contribution in [2.45, 2.75) is 31.4 Å². The minimum Gasteiger partial charge on any atom is -0.390 e. The Labute approximate surface area is 176 Å². The number of nitrogens with one attached hydrogen (secondary N) is 1. The van der Waals surface area contributed by atoms with Crippen molar-refractivity contribution in [3.05, 3.63) is 43.0 Å². The summed E-state index contributed by atoms with van der Waals surface area (Å²) in [6.07, 6.45) is -3.22. The van der Waals surface area contributed by atoms with Crippen LogP contribution in [0.4, 0.5) is 0 Å². The maximum absolute atomic E-state index is 12.0. The third-order valence-electron chi connectivity index (χ3n) is 3.68. The van der Waals surface area contributed by atoms with Crippen LogP contribution in [0.25, 0.3) is 10.4 Å². The molecule has 0 spiro atoms. The number of nitrogens with zero attached hydrogens (tertiary/aromatic N) is 4. The maximum Gasteiger partial charge on any atom is 0.490 e. The van der Waals surface area contributed by atoms with Crippen LogP contribution in [0.2, 0.25) is 0 Å². The summed E-state index contributed by atoms with van der Waals surface area (Å²) in [5.41, 5.74) is 6.49. The lowest BCUT2D eigenvalue weighted by atomic mass is 10.2. The number of aliphatic hydroxyl groups is 1. The molecule has 1 fully saturated rings. The molecular formula is C10H16N5O14P3. The minimum atomic E-state index is -5.72. The second kappa shape index (κ2) is 10.1. The fraction of sp³-hybridized carbons (Fsp3) is 0.600. The van der Waals surface area contributed by atoms with Crippen LogP contribution in [0.1, 0.15) is 18.2 Å². The first-order valence-electron chi connectivity index (χ1n) is 8.09. The zero-order valence-electron chi connectivity index (χ0n) is 15.5. The molecule has 1 saturated heterocycles. The quantitative estimate of drug-likeness (QED) is 0.0960. The van der Waals surface area contributed by atoms with Gasteiger partial charge in [0.2, 0.25) is 0 Å². The summed E-state index contributed by atoms with van der Waals surface area (Å²) in [5, 5.41) is 13.3. The molecule has 0 saturated carbocycles. The molecule has 19 nitrogen and oxygen atoms in total. The van der Waals surface area contributed by atoms with Crippen LogP contribution < -0.4 is 11.2 Å². The zero-order chi connectivity index (χ0) is 24.3. The van der Waals surface area contributed by atoms with Crippen molar-refractivity contribution >= 4 is 23.5 Å². The minimum absolute atomic E-state index is 0.0998. The number of phosphoric acid groups is 3. The second-order valence-corrected chi connectivity index (χ2v) is 10.4. The van der Waals surface area contributed by atoms with Crippen LogP contribution in [0.5, 0.6) is 0 Å². The zero-order valence-corrected chi connectivity index (χ0v) is 18.2. The van der Waals surface area contributed by atoms with E-state index in [0.717, 1.165) is 10.8 Å². The highest BCUT2D eigenvalue weighted by Crippen LogP contribution is 2.66. The predicted octanol–water partition coefficient (Wildman–Crippen LogP) is -0.661. The molecule has 2 heterocycles. The van der Waals surface area contributed by atoms with Gasteiger partial charge in [0.1, 0.15) is 12.3 Å². The van der Waals surface area contributed by atoms with Crippen LogP contribution in [-0.2, 0) is 38.1 Å². The summed E-state index contributed by atoms with van der Waals surface area (Å²) < 4.78 is 51.3. The van der Waals surface area contributed by atoms with Gasteiger partial charge in [0.05, 0.1) is 19.3 Å². The summed E-state index contributed by atoms with van der Waals surface area (Å²) in [5.74, 6) is 0. The van der Waals surface area contributed by atoms with Crippen LogP contribution >= 0.6 is 23.5 Å². The van der Waals surface area contributed by atoms with E-state index in [2.05, 4.69) is 23.2 Å². The van der Waals surface area contributed by atoms with Gasteiger partial charge in [0, 0.05) is 23.1 Å². The largest absolute Gasteiger partial charge is 0.490 e. The van der Waals surface area contributed by atoms with Gasteiger partial charge in [-0.1, -0.05) is 5.11 Å². The van der Waals surface area contributed by atoms with E-state index in [1.54, 1.807) is 0 Å². The Hall–Kier alpha value is -1.68. The molecule has 0 amide bonds. The van der Waals surface area contributed by atoms with E-state index in [4.69, 9.17) is 24.9 Å². The Morgan fingerprint density at radius 1 is 1.22 bits per heavy atom. The summed E-state index contributed by atoms with van der Waals surface area (Å²) in [6.45, 7) is -1.33. The van der Waals surface area contributed by atoms with Gasteiger partial charge in [-0.2, -0.15) is 8.62 Å². The van der Waals surface area contributed by atoms with Crippen LogP contribution in [-0.4, -0.2) is 53.0 Å². The van der Waals surface area contributed by atoms with Crippen LogP contribution in [0, 0.1) is 0 Å². The normalized spacial score (nSPS) is 25.0. The molecule has 1 aliphatic heterocycles. The van der Waals surface area contributed by atoms with Gasteiger partial charge in [-0.15, -0.1) is 0 Å². The van der Waals surface area contributed by atoms with E-state index in [1.807, 2.05) is 4.98 Å². The lowest BCUT2D eigenvalue weighted by Gasteiger charge is -2.19. The first kappa shape index (κ1) is 26.6. The van der Waals surface area contributed by atoms with Gasteiger partial charge in [0.25, 0.3) is 5.56 Å². The highest BCUT2D eigenvalue weighted by molar-refractivity contribution is 7.66. The maximum atomic E-state index is 12.0. The van der Waals surface area contributed by atoms with Crippen molar-refractivity contribution < 1.29 is 56.3 Å². The first-order valence-corrected chi connectivity index (χ1v) is 12.6. The van der Waals surface area contributed by atoms with Crippen molar-refractivity contribution in [3.63, 3.8) is 0 Å². The number of aliphatic hydroxyl groups excluding tert-OH is 1. The van der Waals surface area contributed by atoms with Crippen molar-refractivity contribution in [2.75, 3.05) is 6.61 Å². The van der Waals surface area contributed by atoms with E-state index in [-0.39, 0.29) is 12.0 Å². The number of rotatable bonds is 10. The summed E-state index contributed by atoms with van der Waals surface area (Å²) in [7, 11) is -16.7. The van der Waals surface area contributed by atoms with Gasteiger partial charge in [-0.25, -0.2) is 18.5 Å². The van der Waals surface area contributed by atoms with Crippen molar-refractivity contribution in [1.82, 2.24) is 9.55 Å². The van der Waals surface area contributed by atoms with Gasteiger partial charge < -0.3 is 29.4 Å². The number of aromatic amines is 1. The van der Waals surface area contributed by atoms with Gasteiger partial charge >= 0.3 is 29.2 Å². The van der Waals surface area contributed by atoms with Crippen molar-refractivity contribution in [2.24, 2.45) is 5.11 Å². The molecule has 1 aromatic heterocycles. The Balaban J connectivity index is 2.08. The average Bonchev–Trinajstić information content (AvgIpc) is 2.97. The van der Waals surface area contributed by atoms with E-state index >= 15 is 0 Å². The molecule has 0 radical (unpaired) electrons. The number of H-pyrrole nitrogens is 1. The molecule has 1 aliphatic rings. The Morgan fingerprint density at radius 2 is 1.88 bits per heavy atom. The number of hydrogen-bond acceptors (Lipinski definition) is 11. The predicted molar refractivity (Wildman–Crippen MR) is 98.5 cm³/mol. The highest BCUT2D eigenvalue weighted by Gasteiger charge is 2.43. The second-order valence-electron chi connectivity index (χ2n) is 6.03. The molecular weight excluding hydrogens is 507 g/mol. The number of phosphoric ester groups is 1. The lowest BCUT2D eigenvalue weighted by molar-refractivity contribution is -0.0450. The summed E-state index contributed by atoms with van der Waals surface area (Å²) in [4.78, 5) is 63.7. The molecule has 2 unspecified atom stereocenters. The molecule has 32 heavy (non-hydrogen) atoms. The highest BCUT2D eigenvalue weighted by atomic mass is 31.3. The Kier molecular flexibility index (Phi) is 8.36. The molecule has 2 rings (SSSR count). The van der Waals surface area contributed by atoms with E-state index in [9.17, 15) is 33.3 Å². The fourth-order valence-corrected chi connectivity index (χ4v) is 5.50. The molecule has 5 atom stereocenters. The number of azide groups is 1. The lowest BCUT2D eigenvalue weighted by Crippen LogP contribution is -2.34. The molecule has 0 aliphatic carbocycles. The van der Waals surface area contributed by atoms with E-state index in [1.165, 1.54) is 0 Å².